The average molecular weight is 306 g/mol. The zero-order valence-corrected chi connectivity index (χ0v) is 14.2. The van der Waals surface area contributed by atoms with Crippen LogP contribution in [0.1, 0.15) is 37.6 Å². The van der Waals surface area contributed by atoms with Crippen LogP contribution in [0.5, 0.6) is 0 Å². The molecule has 3 atom stereocenters. The van der Waals surface area contributed by atoms with Crippen LogP contribution < -0.4 is 5.32 Å². The summed E-state index contributed by atoms with van der Waals surface area (Å²) in [6, 6.07) is 8.29. The van der Waals surface area contributed by atoms with E-state index in [1.165, 1.54) is 11.1 Å². The topological polar surface area (TPSA) is 32.3 Å². The van der Waals surface area contributed by atoms with Crippen molar-refractivity contribution in [1.29, 1.82) is 0 Å². The molecule has 1 saturated heterocycles. The normalized spacial score (nSPS) is 23.6. The molecule has 21 heavy (non-hydrogen) atoms. The molecule has 0 radical (unpaired) electrons. The number of carbonyl (C=O) groups is 1. The van der Waals surface area contributed by atoms with E-state index in [1.54, 1.807) is 11.8 Å². The number of hydrogen-bond acceptors (Lipinski definition) is 3. The largest absolute Gasteiger partial charge is 0.321 e. The summed E-state index contributed by atoms with van der Waals surface area (Å²) in [5, 5.41) is 3.57. The van der Waals surface area contributed by atoms with Gasteiger partial charge >= 0.3 is 0 Å². The van der Waals surface area contributed by atoms with Crippen molar-refractivity contribution < 1.29 is 4.79 Å². The molecule has 1 N–H and O–H groups in total. The van der Waals surface area contributed by atoms with Crippen molar-refractivity contribution in [3.05, 3.63) is 35.4 Å². The van der Waals surface area contributed by atoms with E-state index in [0.29, 0.717) is 5.92 Å². The predicted octanol–water partition coefficient (Wildman–Crippen LogP) is 3.20. The summed E-state index contributed by atoms with van der Waals surface area (Å²) in [4.78, 5) is 14.8. The van der Waals surface area contributed by atoms with Gasteiger partial charge in [0.1, 0.15) is 6.17 Å². The molecule has 1 aliphatic rings. The highest BCUT2D eigenvalue weighted by Crippen LogP contribution is 2.30. The van der Waals surface area contributed by atoms with E-state index in [2.05, 4.69) is 50.5 Å². The number of thioether (sulfide) groups is 1. The lowest BCUT2D eigenvalue weighted by Crippen LogP contribution is -2.36. The first-order valence-corrected chi connectivity index (χ1v) is 9.10. The van der Waals surface area contributed by atoms with Gasteiger partial charge in [0.15, 0.2) is 0 Å². The quantitative estimate of drug-likeness (QED) is 0.876. The highest BCUT2D eigenvalue weighted by atomic mass is 32.2. The van der Waals surface area contributed by atoms with Gasteiger partial charge in [-0.1, -0.05) is 44.5 Å². The highest BCUT2D eigenvalue weighted by molar-refractivity contribution is 7.98. The molecule has 4 heteroatoms. The zero-order chi connectivity index (χ0) is 15.4. The summed E-state index contributed by atoms with van der Waals surface area (Å²) in [7, 11) is 0. The Morgan fingerprint density at radius 1 is 1.38 bits per heavy atom. The summed E-state index contributed by atoms with van der Waals surface area (Å²) in [5.74, 6) is 1.60. The van der Waals surface area contributed by atoms with Crippen molar-refractivity contribution in [2.45, 2.75) is 39.4 Å². The molecule has 0 spiro atoms. The number of nitrogens with zero attached hydrogens (tertiary/aromatic N) is 1. The van der Waals surface area contributed by atoms with Crippen LogP contribution in [0.2, 0.25) is 0 Å². The van der Waals surface area contributed by atoms with Crippen molar-refractivity contribution >= 4 is 17.7 Å². The summed E-state index contributed by atoms with van der Waals surface area (Å²) in [5.41, 5.74) is 2.46. The standard InChI is InChI=1S/C17H26N2OS/c1-5-12(2)15-17(20)19(10-11-21-4)16(18-15)14-9-7-6-8-13(14)3/h6-9,12,15-16,18H,5,10-11H2,1-4H3. The predicted molar refractivity (Wildman–Crippen MR) is 90.4 cm³/mol. The summed E-state index contributed by atoms with van der Waals surface area (Å²) in [6.45, 7) is 7.22. The SMILES string of the molecule is CCC(C)C1NC(c2ccccc2C)N(CCSC)C1=O. The lowest BCUT2D eigenvalue weighted by atomic mass is 9.99. The molecule has 1 aliphatic heterocycles. The van der Waals surface area contributed by atoms with Crippen LogP contribution in [-0.4, -0.2) is 35.4 Å². The van der Waals surface area contributed by atoms with Crippen molar-refractivity contribution in [2.24, 2.45) is 5.92 Å². The van der Waals surface area contributed by atoms with E-state index in [0.717, 1.165) is 18.7 Å². The van der Waals surface area contributed by atoms with Crippen molar-refractivity contribution in [3.8, 4) is 0 Å². The van der Waals surface area contributed by atoms with Crippen molar-refractivity contribution in [2.75, 3.05) is 18.6 Å². The fourth-order valence-corrected chi connectivity index (χ4v) is 3.24. The molecule has 2 rings (SSSR count). The van der Waals surface area contributed by atoms with Crippen LogP contribution in [0.25, 0.3) is 0 Å². The molecule has 1 fully saturated rings. The minimum Gasteiger partial charge on any atom is -0.321 e. The van der Waals surface area contributed by atoms with E-state index in [-0.39, 0.29) is 18.1 Å². The number of nitrogens with one attached hydrogen (secondary N) is 1. The lowest BCUT2D eigenvalue weighted by molar-refractivity contribution is -0.130. The molecule has 0 aliphatic carbocycles. The van der Waals surface area contributed by atoms with Crippen LogP contribution in [0.15, 0.2) is 24.3 Å². The van der Waals surface area contributed by atoms with Crippen LogP contribution >= 0.6 is 11.8 Å². The van der Waals surface area contributed by atoms with Gasteiger partial charge in [-0.2, -0.15) is 11.8 Å². The van der Waals surface area contributed by atoms with Gasteiger partial charge in [0.2, 0.25) is 5.91 Å². The van der Waals surface area contributed by atoms with Gasteiger partial charge in [-0.15, -0.1) is 0 Å². The molecule has 3 nitrogen and oxygen atoms in total. The average Bonchev–Trinajstić information content (AvgIpc) is 2.81. The van der Waals surface area contributed by atoms with E-state index < -0.39 is 0 Å². The second-order valence-electron chi connectivity index (χ2n) is 5.81. The first kappa shape index (κ1) is 16.4. The second kappa shape index (κ2) is 7.32. The van der Waals surface area contributed by atoms with E-state index in [1.807, 2.05) is 11.0 Å². The molecule has 116 valence electrons. The molecule has 1 heterocycles. The lowest BCUT2D eigenvalue weighted by Gasteiger charge is -2.25. The first-order valence-electron chi connectivity index (χ1n) is 7.71. The Hall–Kier alpha value is -1.00. The Labute approximate surface area is 132 Å². The number of hydrogen-bond donors (Lipinski definition) is 1. The third kappa shape index (κ3) is 3.43. The number of amides is 1. The summed E-state index contributed by atoms with van der Waals surface area (Å²) >= 11 is 1.79. The maximum atomic E-state index is 12.8. The van der Waals surface area contributed by atoms with Gasteiger partial charge in [-0.05, 0) is 30.2 Å². The molecule has 1 aromatic rings. The number of rotatable bonds is 6. The molecule has 3 unspecified atom stereocenters. The summed E-state index contributed by atoms with van der Waals surface area (Å²) < 4.78 is 0. The van der Waals surface area contributed by atoms with Crippen molar-refractivity contribution in [1.82, 2.24) is 10.2 Å². The fourth-order valence-electron chi connectivity index (χ4n) is 2.86. The molecule has 0 aromatic heterocycles. The maximum Gasteiger partial charge on any atom is 0.241 e. The van der Waals surface area contributed by atoms with Crippen LogP contribution in [0.4, 0.5) is 0 Å². The Kier molecular flexibility index (Phi) is 5.71. The van der Waals surface area contributed by atoms with Gasteiger partial charge in [0.25, 0.3) is 0 Å². The zero-order valence-electron chi connectivity index (χ0n) is 13.4. The van der Waals surface area contributed by atoms with Crippen LogP contribution in [-0.2, 0) is 4.79 Å². The molecule has 0 bridgehead atoms. The van der Waals surface area contributed by atoms with Gasteiger partial charge in [0, 0.05) is 12.3 Å². The van der Waals surface area contributed by atoms with Crippen LogP contribution in [0, 0.1) is 12.8 Å². The van der Waals surface area contributed by atoms with Gasteiger partial charge in [-0.25, -0.2) is 0 Å². The van der Waals surface area contributed by atoms with Gasteiger partial charge in [-0.3, -0.25) is 10.1 Å². The number of carbonyl (C=O) groups excluding carboxylic acids is 1. The third-order valence-corrected chi connectivity index (χ3v) is 5.02. The maximum absolute atomic E-state index is 12.8. The van der Waals surface area contributed by atoms with Crippen LogP contribution in [0.3, 0.4) is 0 Å². The first-order chi connectivity index (χ1) is 10.1. The van der Waals surface area contributed by atoms with E-state index >= 15 is 0 Å². The monoisotopic (exact) mass is 306 g/mol. The molecule has 1 aromatic carbocycles. The summed E-state index contributed by atoms with van der Waals surface area (Å²) in [6.07, 6.45) is 3.12. The minimum absolute atomic E-state index is 0.0184. The molecule has 1 amide bonds. The molecule has 0 saturated carbocycles. The fraction of sp³-hybridized carbons (Fsp3) is 0.588. The van der Waals surface area contributed by atoms with Gasteiger partial charge < -0.3 is 4.90 Å². The number of benzene rings is 1. The van der Waals surface area contributed by atoms with E-state index in [4.69, 9.17) is 0 Å². The smallest absolute Gasteiger partial charge is 0.241 e. The molecular formula is C17H26N2OS. The second-order valence-corrected chi connectivity index (χ2v) is 6.80. The Balaban J connectivity index is 2.28. The molecular weight excluding hydrogens is 280 g/mol. The van der Waals surface area contributed by atoms with Crippen molar-refractivity contribution in [3.63, 3.8) is 0 Å². The van der Waals surface area contributed by atoms with Gasteiger partial charge in [0.05, 0.1) is 6.04 Å². The van der Waals surface area contributed by atoms with E-state index in [9.17, 15) is 4.79 Å². The Morgan fingerprint density at radius 3 is 2.71 bits per heavy atom. The minimum atomic E-state index is -0.0542. The highest BCUT2D eigenvalue weighted by Gasteiger charge is 2.41. The Morgan fingerprint density at radius 2 is 2.10 bits per heavy atom. The third-order valence-electron chi connectivity index (χ3n) is 4.43. The Bertz CT molecular complexity index is 491. The number of aryl methyl sites for hydroxylation is 1.